The highest BCUT2D eigenvalue weighted by molar-refractivity contribution is 5.66. The quantitative estimate of drug-likeness (QED) is 0.313. The van der Waals surface area contributed by atoms with E-state index >= 15 is 0 Å². The van der Waals surface area contributed by atoms with Gasteiger partial charge in [0, 0.05) is 6.42 Å². The second kappa shape index (κ2) is 17.0. The highest BCUT2D eigenvalue weighted by atomic mass is 16.4. The second-order valence-electron chi connectivity index (χ2n) is 5.91. The van der Waals surface area contributed by atoms with Gasteiger partial charge in [-0.15, -0.1) is 0 Å². The van der Waals surface area contributed by atoms with Crippen molar-refractivity contribution in [3.8, 4) is 0 Å². The van der Waals surface area contributed by atoms with Gasteiger partial charge in [-0.1, -0.05) is 69.1 Å². The lowest BCUT2D eigenvalue weighted by atomic mass is 10.1. The molecule has 0 saturated carbocycles. The molecule has 0 saturated heterocycles. The average Bonchev–Trinajstić information content (AvgIpc) is 2.52. The largest absolute Gasteiger partial charge is 0.481 e. The number of carboxylic acid groups (broad SMARTS) is 1. The van der Waals surface area contributed by atoms with Crippen LogP contribution in [0.4, 0.5) is 0 Å². The van der Waals surface area contributed by atoms with E-state index in [1.807, 2.05) is 6.08 Å². The number of hydrogen-bond acceptors (Lipinski definition) is 2. The highest BCUT2D eigenvalue weighted by Gasteiger charge is 2.00. The van der Waals surface area contributed by atoms with Crippen molar-refractivity contribution in [2.45, 2.75) is 83.7 Å². The maximum atomic E-state index is 10.3. The molecule has 132 valence electrons. The van der Waals surface area contributed by atoms with Gasteiger partial charge in [-0.3, -0.25) is 4.79 Å². The molecule has 0 bridgehead atoms. The average molecular weight is 322 g/mol. The van der Waals surface area contributed by atoms with Crippen molar-refractivity contribution in [3.05, 3.63) is 36.5 Å². The predicted molar refractivity (Wildman–Crippen MR) is 97.5 cm³/mol. The fourth-order valence-corrected chi connectivity index (χ4v) is 2.21. The third kappa shape index (κ3) is 18.6. The Kier molecular flexibility index (Phi) is 16.0. The van der Waals surface area contributed by atoms with E-state index in [1.165, 1.54) is 19.3 Å². The van der Waals surface area contributed by atoms with Crippen molar-refractivity contribution < 1.29 is 15.0 Å². The van der Waals surface area contributed by atoms with Gasteiger partial charge in [-0.05, 0) is 38.5 Å². The molecular formula is C20H34O3. The molecule has 23 heavy (non-hydrogen) atoms. The molecule has 1 unspecified atom stereocenters. The Hall–Kier alpha value is -1.35. The standard InChI is InChI=1S/C20H34O3/c1-2-3-4-13-16-19(21)17-14-11-9-7-5-6-8-10-12-15-18-20(22)23/h5,7-8,10-11,14,19,21H,2-4,6,9,12-13,15-18H2,1H3,(H,22,23)/b7-5-,10-8-,14-11-. The number of aliphatic carboxylic acids is 1. The van der Waals surface area contributed by atoms with Crippen LogP contribution < -0.4 is 0 Å². The third-order valence-electron chi connectivity index (χ3n) is 3.60. The summed E-state index contributed by atoms with van der Waals surface area (Å²) in [6.07, 6.45) is 22.4. The molecule has 0 rings (SSSR count). The first-order valence-electron chi connectivity index (χ1n) is 9.01. The lowest BCUT2D eigenvalue weighted by molar-refractivity contribution is -0.137. The lowest BCUT2D eigenvalue weighted by Gasteiger charge is -2.06. The van der Waals surface area contributed by atoms with Crippen LogP contribution in [-0.2, 0) is 4.79 Å². The van der Waals surface area contributed by atoms with E-state index in [9.17, 15) is 9.90 Å². The Morgan fingerprint density at radius 3 is 2.22 bits per heavy atom. The van der Waals surface area contributed by atoms with Gasteiger partial charge in [0.05, 0.1) is 6.10 Å². The summed E-state index contributed by atoms with van der Waals surface area (Å²) in [7, 11) is 0. The first kappa shape index (κ1) is 21.6. The molecular weight excluding hydrogens is 288 g/mol. The number of aliphatic hydroxyl groups is 1. The molecule has 0 aromatic carbocycles. The maximum absolute atomic E-state index is 10.3. The van der Waals surface area contributed by atoms with Crippen molar-refractivity contribution in [1.29, 1.82) is 0 Å². The molecule has 0 aromatic rings. The number of hydrogen-bond donors (Lipinski definition) is 2. The van der Waals surface area contributed by atoms with E-state index in [2.05, 4.69) is 37.3 Å². The van der Waals surface area contributed by atoms with Crippen molar-refractivity contribution in [3.63, 3.8) is 0 Å². The second-order valence-corrected chi connectivity index (χ2v) is 5.91. The lowest BCUT2D eigenvalue weighted by Crippen LogP contribution is -2.04. The zero-order chi connectivity index (χ0) is 17.2. The molecule has 0 aliphatic carbocycles. The van der Waals surface area contributed by atoms with E-state index in [0.29, 0.717) is 6.42 Å². The smallest absolute Gasteiger partial charge is 0.303 e. The van der Waals surface area contributed by atoms with Crippen molar-refractivity contribution >= 4 is 5.97 Å². The molecule has 0 aliphatic heterocycles. The van der Waals surface area contributed by atoms with E-state index < -0.39 is 5.97 Å². The van der Waals surface area contributed by atoms with Gasteiger partial charge >= 0.3 is 5.97 Å². The number of rotatable bonds is 15. The molecule has 0 amide bonds. The molecule has 0 heterocycles. The van der Waals surface area contributed by atoms with Crippen LogP contribution in [0.3, 0.4) is 0 Å². The Morgan fingerprint density at radius 2 is 1.57 bits per heavy atom. The monoisotopic (exact) mass is 322 g/mol. The van der Waals surface area contributed by atoms with Gasteiger partial charge in [0.25, 0.3) is 0 Å². The summed E-state index contributed by atoms with van der Waals surface area (Å²) in [5, 5.41) is 18.3. The van der Waals surface area contributed by atoms with Crippen LogP contribution in [0.15, 0.2) is 36.5 Å². The number of allylic oxidation sites excluding steroid dienone is 5. The normalized spacial score (nSPS) is 13.5. The van der Waals surface area contributed by atoms with Gasteiger partial charge < -0.3 is 10.2 Å². The first-order chi connectivity index (χ1) is 11.2. The van der Waals surface area contributed by atoms with Crippen LogP contribution in [0.1, 0.15) is 77.6 Å². The molecule has 0 aromatic heterocycles. The van der Waals surface area contributed by atoms with Crippen LogP contribution in [0, 0.1) is 0 Å². The van der Waals surface area contributed by atoms with Crippen molar-refractivity contribution in [2.24, 2.45) is 0 Å². The number of carbonyl (C=O) groups is 1. The zero-order valence-corrected chi connectivity index (χ0v) is 14.6. The predicted octanol–water partition coefficient (Wildman–Crippen LogP) is 5.41. The van der Waals surface area contributed by atoms with Crippen LogP contribution in [-0.4, -0.2) is 22.3 Å². The Balaban J connectivity index is 3.47. The van der Waals surface area contributed by atoms with Gasteiger partial charge in [0.15, 0.2) is 0 Å². The molecule has 1 atom stereocenters. The molecule has 2 N–H and O–H groups in total. The number of carboxylic acids is 1. The van der Waals surface area contributed by atoms with E-state index in [4.69, 9.17) is 5.11 Å². The summed E-state index contributed by atoms with van der Waals surface area (Å²) in [5.74, 6) is -0.726. The SMILES string of the molecule is CCCCCCC(O)C/C=C\C/C=C\C/C=C\CCCC(=O)O. The number of unbranched alkanes of at least 4 members (excludes halogenated alkanes) is 4. The molecule has 0 radical (unpaired) electrons. The van der Waals surface area contributed by atoms with Gasteiger partial charge in [0.1, 0.15) is 0 Å². The minimum atomic E-state index is -0.726. The Labute approximate surface area is 141 Å². The Bertz CT molecular complexity index is 356. The maximum Gasteiger partial charge on any atom is 0.303 e. The summed E-state index contributed by atoms with van der Waals surface area (Å²) in [6, 6.07) is 0. The van der Waals surface area contributed by atoms with E-state index in [0.717, 1.165) is 38.5 Å². The van der Waals surface area contributed by atoms with Crippen LogP contribution in [0.5, 0.6) is 0 Å². The summed E-state index contributed by atoms with van der Waals surface area (Å²) >= 11 is 0. The Morgan fingerprint density at radius 1 is 0.913 bits per heavy atom. The molecule has 3 heteroatoms. The fourth-order valence-electron chi connectivity index (χ4n) is 2.21. The van der Waals surface area contributed by atoms with E-state index in [1.54, 1.807) is 0 Å². The summed E-state index contributed by atoms with van der Waals surface area (Å²) in [6.45, 7) is 2.20. The van der Waals surface area contributed by atoms with Crippen molar-refractivity contribution in [2.75, 3.05) is 0 Å². The molecule has 0 spiro atoms. The van der Waals surface area contributed by atoms with Crippen LogP contribution >= 0.6 is 0 Å². The van der Waals surface area contributed by atoms with Gasteiger partial charge in [-0.2, -0.15) is 0 Å². The van der Waals surface area contributed by atoms with Gasteiger partial charge in [0.2, 0.25) is 0 Å². The molecule has 3 nitrogen and oxygen atoms in total. The first-order valence-corrected chi connectivity index (χ1v) is 9.01. The molecule has 0 aliphatic rings. The summed E-state index contributed by atoms with van der Waals surface area (Å²) in [5.41, 5.74) is 0. The van der Waals surface area contributed by atoms with Gasteiger partial charge in [-0.25, -0.2) is 0 Å². The summed E-state index contributed by atoms with van der Waals surface area (Å²) < 4.78 is 0. The van der Waals surface area contributed by atoms with Crippen LogP contribution in [0.2, 0.25) is 0 Å². The third-order valence-corrected chi connectivity index (χ3v) is 3.60. The minimum absolute atomic E-state index is 0.194. The molecule has 0 fully saturated rings. The number of aliphatic hydroxyl groups excluding tert-OH is 1. The fraction of sp³-hybridized carbons (Fsp3) is 0.650. The topological polar surface area (TPSA) is 57.5 Å². The van der Waals surface area contributed by atoms with Crippen molar-refractivity contribution in [1.82, 2.24) is 0 Å². The van der Waals surface area contributed by atoms with Crippen LogP contribution in [0.25, 0.3) is 0 Å². The minimum Gasteiger partial charge on any atom is -0.481 e. The highest BCUT2D eigenvalue weighted by Crippen LogP contribution is 2.08. The van der Waals surface area contributed by atoms with E-state index in [-0.39, 0.29) is 12.5 Å². The summed E-state index contributed by atoms with van der Waals surface area (Å²) in [4.78, 5) is 10.3. The zero-order valence-electron chi connectivity index (χ0n) is 14.6.